The van der Waals surface area contributed by atoms with Crippen molar-refractivity contribution in [2.24, 2.45) is 28.8 Å². The van der Waals surface area contributed by atoms with Crippen LogP contribution in [0.2, 0.25) is 0 Å². The molecule has 0 saturated heterocycles. The number of fused-ring (bicyclic) bond motifs is 2. The van der Waals surface area contributed by atoms with E-state index >= 15 is 0 Å². The van der Waals surface area contributed by atoms with Gasteiger partial charge in [-0.3, -0.25) is 9.59 Å². The fourth-order valence-corrected chi connectivity index (χ4v) is 2.93. The summed E-state index contributed by atoms with van der Waals surface area (Å²) in [6, 6.07) is 0. The lowest BCUT2D eigenvalue weighted by Gasteiger charge is -2.24. The molecule has 4 unspecified atom stereocenters. The maximum Gasteiger partial charge on any atom is 0.308 e. The summed E-state index contributed by atoms with van der Waals surface area (Å²) in [6.07, 6.45) is 0.912. The second-order valence-corrected chi connectivity index (χ2v) is 4.13. The highest BCUT2D eigenvalue weighted by atomic mass is 16.4. The predicted octanol–water partition coefficient (Wildman–Crippen LogP) is 0.258. The molecule has 0 spiro atoms. The summed E-state index contributed by atoms with van der Waals surface area (Å²) in [7, 11) is 0. The van der Waals surface area contributed by atoms with Crippen LogP contribution < -0.4 is 0 Å². The lowest BCUT2D eigenvalue weighted by molar-refractivity contribution is -0.154. The van der Waals surface area contributed by atoms with Crippen LogP contribution in [-0.2, 0) is 9.59 Å². The first kappa shape index (κ1) is 9.95. The summed E-state index contributed by atoms with van der Waals surface area (Å²) in [4.78, 5) is 21.9. The van der Waals surface area contributed by atoms with Gasteiger partial charge < -0.3 is 15.4 Å². The third-order valence-electron chi connectivity index (χ3n) is 3.48. The van der Waals surface area contributed by atoms with Crippen LogP contribution in [0.5, 0.6) is 0 Å². The number of carboxylic acid groups (broad SMARTS) is 2. The monoisotopic (exact) mass is 213 g/mol. The average Bonchev–Trinajstić information content (AvgIpc) is 2.72. The van der Waals surface area contributed by atoms with E-state index in [0.29, 0.717) is 18.6 Å². The van der Waals surface area contributed by atoms with E-state index < -0.39 is 29.7 Å². The number of hydrogen-bond donors (Lipinski definition) is 3. The summed E-state index contributed by atoms with van der Waals surface area (Å²) >= 11 is 0. The lowest BCUT2D eigenvalue weighted by atomic mass is 9.78. The van der Waals surface area contributed by atoms with Crippen LogP contribution in [0.4, 0.5) is 0 Å². The third kappa shape index (κ3) is 1.28. The van der Waals surface area contributed by atoms with Crippen LogP contribution in [0.3, 0.4) is 0 Å². The van der Waals surface area contributed by atoms with Gasteiger partial charge in [-0.05, 0) is 18.8 Å². The maximum atomic E-state index is 11.0. The summed E-state index contributed by atoms with van der Waals surface area (Å²) in [5, 5.41) is 29.6. The Morgan fingerprint density at radius 3 is 2.27 bits per heavy atom. The van der Waals surface area contributed by atoms with Gasteiger partial charge in [0, 0.05) is 5.92 Å². The van der Waals surface area contributed by atoms with Crippen molar-refractivity contribution in [3.63, 3.8) is 0 Å². The molecular formula is C9H11NO5. The van der Waals surface area contributed by atoms with Crippen molar-refractivity contribution in [1.29, 1.82) is 0 Å². The molecule has 2 aliphatic rings. The lowest BCUT2D eigenvalue weighted by Crippen LogP contribution is -2.38. The fraction of sp³-hybridized carbons (Fsp3) is 0.667. The molecule has 0 aromatic rings. The van der Waals surface area contributed by atoms with E-state index in [-0.39, 0.29) is 5.92 Å². The van der Waals surface area contributed by atoms with Crippen LogP contribution in [0.15, 0.2) is 5.16 Å². The minimum Gasteiger partial charge on any atom is -0.481 e. The first-order valence-electron chi connectivity index (χ1n) is 4.72. The van der Waals surface area contributed by atoms with Gasteiger partial charge in [-0.1, -0.05) is 5.16 Å². The SMILES string of the molecule is O=C(O)C1C2C/C(=N\O)C(C2)C1C(=O)O. The normalized spacial score (nSPS) is 40.9. The summed E-state index contributed by atoms with van der Waals surface area (Å²) in [6.45, 7) is 0. The Hall–Kier alpha value is -1.59. The molecule has 0 heterocycles. The smallest absolute Gasteiger partial charge is 0.308 e. The Morgan fingerprint density at radius 2 is 1.80 bits per heavy atom. The second kappa shape index (κ2) is 3.22. The van der Waals surface area contributed by atoms with Gasteiger partial charge in [0.25, 0.3) is 0 Å². The van der Waals surface area contributed by atoms with Crippen LogP contribution in [0.1, 0.15) is 12.8 Å². The van der Waals surface area contributed by atoms with E-state index in [9.17, 15) is 9.59 Å². The molecular weight excluding hydrogens is 202 g/mol. The number of rotatable bonds is 2. The van der Waals surface area contributed by atoms with Crippen molar-refractivity contribution in [2.75, 3.05) is 0 Å². The summed E-state index contributed by atoms with van der Waals surface area (Å²) < 4.78 is 0. The molecule has 2 rings (SSSR count). The highest BCUT2D eigenvalue weighted by Gasteiger charge is 2.57. The van der Waals surface area contributed by atoms with Crippen molar-refractivity contribution in [3.05, 3.63) is 0 Å². The van der Waals surface area contributed by atoms with Gasteiger partial charge in [0.1, 0.15) is 0 Å². The van der Waals surface area contributed by atoms with Gasteiger partial charge in [0.05, 0.1) is 17.5 Å². The van der Waals surface area contributed by atoms with Crippen molar-refractivity contribution >= 4 is 17.7 Å². The Balaban J connectivity index is 2.33. The van der Waals surface area contributed by atoms with Gasteiger partial charge in [0.2, 0.25) is 0 Å². The van der Waals surface area contributed by atoms with E-state index in [2.05, 4.69) is 5.16 Å². The number of aliphatic carboxylic acids is 2. The van der Waals surface area contributed by atoms with Gasteiger partial charge in [-0.25, -0.2) is 0 Å². The van der Waals surface area contributed by atoms with Crippen LogP contribution in [0.25, 0.3) is 0 Å². The Kier molecular flexibility index (Phi) is 2.13. The molecule has 0 aromatic heterocycles. The van der Waals surface area contributed by atoms with Gasteiger partial charge in [0.15, 0.2) is 0 Å². The zero-order valence-electron chi connectivity index (χ0n) is 7.83. The van der Waals surface area contributed by atoms with Crippen LogP contribution in [-0.4, -0.2) is 33.1 Å². The molecule has 2 aliphatic carbocycles. The molecule has 6 heteroatoms. The van der Waals surface area contributed by atoms with Gasteiger partial charge in [-0.15, -0.1) is 0 Å². The number of carboxylic acids is 2. The maximum absolute atomic E-state index is 11.0. The highest BCUT2D eigenvalue weighted by molar-refractivity contribution is 5.96. The zero-order valence-corrected chi connectivity index (χ0v) is 7.83. The Labute approximate surface area is 85.2 Å². The van der Waals surface area contributed by atoms with Gasteiger partial charge >= 0.3 is 11.9 Å². The topological polar surface area (TPSA) is 107 Å². The van der Waals surface area contributed by atoms with Crippen molar-refractivity contribution in [3.8, 4) is 0 Å². The quantitative estimate of drug-likeness (QED) is 0.450. The number of oxime groups is 1. The van der Waals surface area contributed by atoms with Crippen LogP contribution in [0, 0.1) is 23.7 Å². The highest BCUT2D eigenvalue weighted by Crippen LogP contribution is 2.51. The molecule has 15 heavy (non-hydrogen) atoms. The largest absolute Gasteiger partial charge is 0.481 e. The van der Waals surface area contributed by atoms with Crippen molar-refractivity contribution in [1.82, 2.24) is 0 Å². The first-order chi connectivity index (χ1) is 7.06. The second-order valence-electron chi connectivity index (χ2n) is 4.13. The number of hydrogen-bond acceptors (Lipinski definition) is 4. The van der Waals surface area contributed by atoms with E-state index in [0.717, 1.165) is 0 Å². The Morgan fingerprint density at radius 1 is 1.20 bits per heavy atom. The molecule has 0 aromatic carbocycles. The summed E-state index contributed by atoms with van der Waals surface area (Å²) in [5.41, 5.74) is 0.435. The number of carbonyl (C=O) groups is 2. The van der Waals surface area contributed by atoms with E-state index in [4.69, 9.17) is 15.4 Å². The third-order valence-corrected chi connectivity index (χ3v) is 3.48. The van der Waals surface area contributed by atoms with E-state index in [1.807, 2.05) is 0 Å². The molecule has 0 amide bonds. The zero-order chi connectivity index (χ0) is 11.2. The molecule has 6 nitrogen and oxygen atoms in total. The molecule has 2 bridgehead atoms. The molecule has 0 radical (unpaired) electrons. The minimum absolute atomic E-state index is 0.195. The molecule has 82 valence electrons. The molecule has 2 fully saturated rings. The van der Waals surface area contributed by atoms with Crippen molar-refractivity contribution < 1.29 is 25.0 Å². The average molecular weight is 213 g/mol. The molecule has 3 N–H and O–H groups in total. The molecule has 2 saturated carbocycles. The van der Waals surface area contributed by atoms with Crippen molar-refractivity contribution in [2.45, 2.75) is 12.8 Å². The fourth-order valence-electron chi connectivity index (χ4n) is 2.93. The Bertz CT molecular complexity index is 350. The van der Waals surface area contributed by atoms with E-state index in [1.54, 1.807) is 0 Å². The van der Waals surface area contributed by atoms with E-state index in [1.165, 1.54) is 0 Å². The van der Waals surface area contributed by atoms with Gasteiger partial charge in [-0.2, -0.15) is 0 Å². The number of nitrogens with zero attached hydrogens (tertiary/aromatic N) is 1. The standard InChI is InChI=1S/C9H11NO5/c11-8(12)6-3-1-4(5(2-3)10-15)7(6)9(13)14/h3-4,6-7,15H,1-2H2,(H,11,12)(H,13,14)/b10-5+. The molecule has 0 aliphatic heterocycles. The first-order valence-corrected chi connectivity index (χ1v) is 4.72. The molecule has 4 atom stereocenters. The summed E-state index contributed by atoms with van der Waals surface area (Å²) in [5.74, 6) is -4.55. The minimum atomic E-state index is -1.12. The predicted molar refractivity (Wildman–Crippen MR) is 47.7 cm³/mol. The van der Waals surface area contributed by atoms with Crippen LogP contribution >= 0.6 is 0 Å².